The number of amides is 1. The summed E-state index contributed by atoms with van der Waals surface area (Å²) in [6, 6.07) is 4.72. The Morgan fingerprint density at radius 2 is 1.47 bits per heavy atom. The van der Waals surface area contributed by atoms with Gasteiger partial charge in [0.1, 0.15) is 18.3 Å². The van der Waals surface area contributed by atoms with E-state index in [1.807, 2.05) is 0 Å². The average molecular weight is 599 g/mol. The predicted molar refractivity (Wildman–Crippen MR) is 123 cm³/mol. The smallest absolute Gasteiger partial charge is 0.347 e. The van der Waals surface area contributed by atoms with E-state index in [4.69, 9.17) is 46.4 Å². The SMILES string of the molecule is O=C(CCC(=O)c1ccc(/C(F)=C/C(c2cc(Cl)c(Cl)c(Cl)c2)C(F)(F)F)cc1Cl)NCC(F)(F)F. The van der Waals surface area contributed by atoms with E-state index < -0.39 is 60.7 Å². The first-order chi connectivity index (χ1) is 16.5. The molecule has 0 spiro atoms. The molecule has 1 unspecified atom stereocenters. The number of allylic oxidation sites excluding steroid dienone is 1. The highest BCUT2D eigenvalue weighted by Crippen LogP contribution is 2.42. The van der Waals surface area contributed by atoms with Crippen molar-refractivity contribution < 1.29 is 40.3 Å². The Morgan fingerprint density at radius 3 is 1.97 bits per heavy atom. The van der Waals surface area contributed by atoms with Crippen molar-refractivity contribution in [2.24, 2.45) is 0 Å². The molecule has 1 atom stereocenters. The second-order valence-electron chi connectivity index (χ2n) is 7.34. The molecule has 0 bridgehead atoms. The van der Waals surface area contributed by atoms with Crippen molar-refractivity contribution in [1.82, 2.24) is 5.32 Å². The van der Waals surface area contributed by atoms with Gasteiger partial charge in [0.25, 0.3) is 0 Å². The number of carbonyl (C=O) groups is 2. The number of benzene rings is 2. The van der Waals surface area contributed by atoms with Crippen molar-refractivity contribution in [1.29, 1.82) is 0 Å². The van der Waals surface area contributed by atoms with Crippen LogP contribution in [0, 0.1) is 0 Å². The van der Waals surface area contributed by atoms with Crippen LogP contribution in [0.5, 0.6) is 0 Å². The van der Waals surface area contributed by atoms with Gasteiger partial charge in [-0.3, -0.25) is 9.59 Å². The number of carbonyl (C=O) groups excluding carboxylic acids is 2. The van der Waals surface area contributed by atoms with Crippen LogP contribution in [0.25, 0.3) is 5.83 Å². The van der Waals surface area contributed by atoms with Crippen LogP contribution in [-0.4, -0.2) is 30.6 Å². The predicted octanol–water partition coefficient (Wildman–Crippen LogP) is 8.60. The van der Waals surface area contributed by atoms with E-state index in [-0.39, 0.29) is 37.3 Å². The van der Waals surface area contributed by atoms with Crippen molar-refractivity contribution >= 4 is 63.9 Å². The molecule has 0 radical (unpaired) electrons. The van der Waals surface area contributed by atoms with E-state index >= 15 is 0 Å². The zero-order chi connectivity index (χ0) is 27.4. The minimum absolute atomic E-state index is 0.169. The van der Waals surface area contributed by atoms with Gasteiger partial charge in [0.2, 0.25) is 5.91 Å². The molecule has 0 fully saturated rings. The maximum Gasteiger partial charge on any atom is 0.405 e. The molecule has 0 saturated carbocycles. The molecule has 196 valence electrons. The van der Waals surface area contributed by atoms with Crippen LogP contribution in [0.15, 0.2) is 36.4 Å². The summed E-state index contributed by atoms with van der Waals surface area (Å²) in [6.07, 6.45) is -10.4. The summed E-state index contributed by atoms with van der Waals surface area (Å²) in [5.41, 5.74) is -1.06. The van der Waals surface area contributed by atoms with Gasteiger partial charge in [-0.2, -0.15) is 26.3 Å². The van der Waals surface area contributed by atoms with Gasteiger partial charge in [-0.25, -0.2) is 4.39 Å². The van der Waals surface area contributed by atoms with E-state index in [0.29, 0.717) is 0 Å². The van der Waals surface area contributed by atoms with Crippen molar-refractivity contribution in [3.05, 3.63) is 73.2 Å². The van der Waals surface area contributed by atoms with Gasteiger partial charge in [0, 0.05) is 24.0 Å². The number of alkyl halides is 6. The summed E-state index contributed by atoms with van der Waals surface area (Å²) >= 11 is 23.3. The first-order valence-electron chi connectivity index (χ1n) is 9.74. The second kappa shape index (κ2) is 12.0. The Labute approximate surface area is 220 Å². The fraction of sp³-hybridized carbons (Fsp3) is 0.273. The number of Topliss-reactive ketones (excluding diaryl/α,β-unsaturated/α-hetero) is 1. The minimum atomic E-state index is -4.94. The van der Waals surface area contributed by atoms with Crippen LogP contribution >= 0.6 is 46.4 Å². The van der Waals surface area contributed by atoms with E-state index in [0.717, 1.165) is 30.3 Å². The van der Waals surface area contributed by atoms with Gasteiger partial charge in [-0.1, -0.05) is 52.5 Å². The number of hydrogen-bond donors (Lipinski definition) is 1. The molecule has 0 aliphatic carbocycles. The summed E-state index contributed by atoms with van der Waals surface area (Å²) < 4.78 is 92.2. The third-order valence-electron chi connectivity index (χ3n) is 4.64. The molecule has 14 heteroatoms. The van der Waals surface area contributed by atoms with Gasteiger partial charge in [0.05, 0.1) is 20.1 Å². The van der Waals surface area contributed by atoms with Crippen molar-refractivity contribution in [2.75, 3.05) is 6.54 Å². The molecule has 1 N–H and O–H groups in total. The highest BCUT2D eigenvalue weighted by molar-refractivity contribution is 6.48. The Morgan fingerprint density at radius 1 is 0.889 bits per heavy atom. The number of ketones is 1. The highest BCUT2D eigenvalue weighted by atomic mass is 35.5. The Kier molecular flexibility index (Phi) is 10.1. The fourth-order valence-electron chi connectivity index (χ4n) is 2.92. The van der Waals surface area contributed by atoms with Gasteiger partial charge in [0.15, 0.2) is 5.78 Å². The van der Waals surface area contributed by atoms with Crippen LogP contribution in [0.1, 0.15) is 40.2 Å². The van der Waals surface area contributed by atoms with E-state index in [9.17, 15) is 40.3 Å². The largest absolute Gasteiger partial charge is 0.405 e. The summed E-state index contributed by atoms with van der Waals surface area (Å²) in [4.78, 5) is 23.7. The average Bonchev–Trinajstić information content (AvgIpc) is 2.76. The number of nitrogens with one attached hydrogen (secondary N) is 1. The van der Waals surface area contributed by atoms with Gasteiger partial charge in [-0.05, 0) is 35.9 Å². The van der Waals surface area contributed by atoms with Crippen LogP contribution < -0.4 is 5.32 Å². The van der Waals surface area contributed by atoms with Gasteiger partial charge in [-0.15, -0.1) is 0 Å². The minimum Gasteiger partial charge on any atom is -0.347 e. The normalized spacial score (nSPS) is 13.5. The van der Waals surface area contributed by atoms with Crippen molar-refractivity contribution in [3.63, 3.8) is 0 Å². The fourth-order valence-corrected chi connectivity index (χ4v) is 3.81. The lowest BCUT2D eigenvalue weighted by Gasteiger charge is -2.19. The summed E-state index contributed by atoms with van der Waals surface area (Å²) in [7, 11) is 0. The van der Waals surface area contributed by atoms with Crippen molar-refractivity contribution in [2.45, 2.75) is 31.1 Å². The topological polar surface area (TPSA) is 46.2 Å². The van der Waals surface area contributed by atoms with Crippen LogP contribution in [0.2, 0.25) is 20.1 Å². The Bertz CT molecular complexity index is 1160. The quantitative estimate of drug-likeness (QED) is 0.188. The maximum absolute atomic E-state index is 14.8. The van der Waals surface area contributed by atoms with Gasteiger partial charge < -0.3 is 5.32 Å². The second-order valence-corrected chi connectivity index (χ2v) is 8.94. The monoisotopic (exact) mass is 597 g/mol. The van der Waals surface area contributed by atoms with E-state index in [2.05, 4.69) is 0 Å². The molecular weight excluding hydrogens is 585 g/mol. The van der Waals surface area contributed by atoms with Crippen LogP contribution in [0.3, 0.4) is 0 Å². The lowest BCUT2D eigenvalue weighted by Crippen LogP contribution is -2.33. The molecule has 0 aliphatic rings. The molecule has 2 aromatic carbocycles. The zero-order valence-electron chi connectivity index (χ0n) is 17.6. The number of hydrogen-bond acceptors (Lipinski definition) is 2. The molecule has 0 saturated heterocycles. The van der Waals surface area contributed by atoms with Crippen molar-refractivity contribution in [3.8, 4) is 0 Å². The first kappa shape index (κ1) is 30.2. The Balaban J connectivity index is 2.23. The third kappa shape index (κ3) is 8.54. The summed E-state index contributed by atoms with van der Waals surface area (Å²) in [5, 5.41) is 0.568. The molecule has 0 aromatic heterocycles. The lowest BCUT2D eigenvalue weighted by atomic mass is 9.96. The standard InChI is InChI=1S/C22H14Cl4F7NO2/c23-14-5-10(1-2-12(14)18(35)3-4-19(36)34-9-21(28,29)30)17(27)8-13(22(31,32)33)11-6-15(24)20(26)16(25)7-11/h1-2,5-8,13H,3-4,9H2,(H,34,36)/b17-8-. The molecule has 36 heavy (non-hydrogen) atoms. The molecule has 0 aliphatic heterocycles. The molecular formula is C22H14Cl4F7NO2. The molecule has 1 amide bonds. The maximum atomic E-state index is 14.8. The lowest BCUT2D eigenvalue weighted by molar-refractivity contribution is -0.139. The highest BCUT2D eigenvalue weighted by Gasteiger charge is 2.40. The third-order valence-corrected chi connectivity index (χ3v) is 6.15. The van der Waals surface area contributed by atoms with Gasteiger partial charge >= 0.3 is 12.4 Å². The van der Waals surface area contributed by atoms with Crippen LogP contribution in [0.4, 0.5) is 30.7 Å². The molecule has 2 rings (SSSR count). The van der Waals surface area contributed by atoms with Crippen LogP contribution in [-0.2, 0) is 4.79 Å². The zero-order valence-corrected chi connectivity index (χ0v) is 20.7. The Hall–Kier alpha value is -2.01. The number of halogens is 11. The van der Waals surface area contributed by atoms with E-state index in [1.54, 1.807) is 5.32 Å². The summed E-state index contributed by atoms with van der Waals surface area (Å²) in [5.74, 6) is -5.55. The molecule has 2 aromatic rings. The molecule has 0 heterocycles. The molecule has 3 nitrogen and oxygen atoms in total. The van der Waals surface area contributed by atoms with E-state index in [1.165, 1.54) is 0 Å². The number of rotatable bonds is 8. The summed E-state index contributed by atoms with van der Waals surface area (Å²) in [6.45, 7) is -1.56. The first-order valence-corrected chi connectivity index (χ1v) is 11.3.